The normalized spacial score (nSPS) is 19.7. The highest BCUT2D eigenvalue weighted by atomic mass is 35.5. The second-order valence-electron chi connectivity index (χ2n) is 6.32. The Hall–Kier alpha value is -2.53. The van der Waals surface area contributed by atoms with Crippen molar-refractivity contribution in [3.8, 4) is 0 Å². The van der Waals surface area contributed by atoms with Crippen LogP contribution in [-0.4, -0.2) is 11.6 Å². The van der Waals surface area contributed by atoms with Crippen LogP contribution < -0.4 is 5.32 Å². The number of carbonyl (C=O) groups excluding carboxylic acids is 1. The smallest absolute Gasteiger partial charge is 0.163 e. The molecule has 1 heterocycles. The number of hydrogen-bond acceptors (Lipinski definition) is 3. The summed E-state index contributed by atoms with van der Waals surface area (Å²) in [5.41, 5.74) is 2.12. The van der Waals surface area contributed by atoms with Gasteiger partial charge in [-0.2, -0.15) is 0 Å². The molecule has 3 nitrogen and oxygen atoms in total. The van der Waals surface area contributed by atoms with Crippen molar-refractivity contribution >= 4 is 23.2 Å². The van der Waals surface area contributed by atoms with Crippen LogP contribution in [0.3, 0.4) is 0 Å². The van der Waals surface area contributed by atoms with Crippen LogP contribution in [0.2, 0.25) is 5.02 Å². The summed E-state index contributed by atoms with van der Waals surface area (Å²) < 4.78 is 27.7. The Morgan fingerprint density at radius 3 is 2.69 bits per heavy atom. The molecule has 4 rings (SSSR count). The zero-order chi connectivity index (χ0) is 18.3. The van der Waals surface area contributed by atoms with Crippen LogP contribution >= 0.6 is 11.6 Å². The maximum Gasteiger partial charge on any atom is 0.163 e. The van der Waals surface area contributed by atoms with E-state index >= 15 is 0 Å². The Kier molecular flexibility index (Phi) is 4.32. The third-order valence-corrected chi connectivity index (χ3v) is 4.97. The Bertz CT molecular complexity index is 968. The summed E-state index contributed by atoms with van der Waals surface area (Å²) in [6.07, 6.45) is 1.82. The van der Waals surface area contributed by atoms with E-state index in [9.17, 15) is 13.6 Å². The summed E-state index contributed by atoms with van der Waals surface area (Å²) in [4.78, 5) is 17.1. The number of aliphatic imine (C=N–C) groups is 1. The number of benzene rings is 2. The molecule has 1 atom stereocenters. The zero-order valence-electron chi connectivity index (χ0n) is 13.7. The number of nitrogens with zero attached hydrogens (tertiary/aromatic N) is 1. The molecule has 0 fully saturated rings. The third-order valence-electron chi connectivity index (χ3n) is 4.64. The molecule has 0 radical (unpaired) electrons. The zero-order valence-corrected chi connectivity index (χ0v) is 14.5. The number of Topliss-reactive ketones (excluding diaryl/α,β-unsaturated/α-hetero) is 1. The minimum Gasteiger partial charge on any atom is -0.343 e. The van der Waals surface area contributed by atoms with Crippen LogP contribution in [0.4, 0.5) is 8.78 Å². The molecule has 132 valence electrons. The molecular weight excluding hydrogens is 358 g/mol. The van der Waals surface area contributed by atoms with Crippen LogP contribution in [0.1, 0.15) is 36.4 Å². The van der Waals surface area contributed by atoms with Crippen LogP contribution in [-0.2, 0) is 4.79 Å². The SMILES string of the molecule is O=C1CCCC2=C1C(c1ccc(F)cc1Cl)N=C(c1ccccc1F)N2. The van der Waals surface area contributed by atoms with Gasteiger partial charge in [0, 0.05) is 28.3 Å². The van der Waals surface area contributed by atoms with E-state index in [1.54, 1.807) is 18.2 Å². The molecule has 1 aliphatic carbocycles. The van der Waals surface area contributed by atoms with Crippen molar-refractivity contribution in [3.05, 3.63) is 81.5 Å². The molecule has 1 N–H and O–H groups in total. The highest BCUT2D eigenvalue weighted by Crippen LogP contribution is 2.39. The lowest BCUT2D eigenvalue weighted by Gasteiger charge is -2.31. The summed E-state index contributed by atoms with van der Waals surface area (Å²) in [6.45, 7) is 0. The van der Waals surface area contributed by atoms with Gasteiger partial charge in [0.25, 0.3) is 0 Å². The summed E-state index contributed by atoms with van der Waals surface area (Å²) in [6, 6.07) is 9.64. The second-order valence-corrected chi connectivity index (χ2v) is 6.73. The van der Waals surface area contributed by atoms with Crippen molar-refractivity contribution in [3.63, 3.8) is 0 Å². The fourth-order valence-corrected chi connectivity index (χ4v) is 3.69. The van der Waals surface area contributed by atoms with E-state index in [1.807, 2.05) is 0 Å². The monoisotopic (exact) mass is 372 g/mol. The molecule has 2 aromatic rings. The molecular formula is C20H15ClF2N2O. The van der Waals surface area contributed by atoms with E-state index in [2.05, 4.69) is 10.3 Å². The van der Waals surface area contributed by atoms with Gasteiger partial charge in [-0.15, -0.1) is 0 Å². The minimum atomic E-state index is -0.679. The van der Waals surface area contributed by atoms with E-state index in [0.717, 1.165) is 12.1 Å². The molecule has 26 heavy (non-hydrogen) atoms. The van der Waals surface area contributed by atoms with Gasteiger partial charge in [0.1, 0.15) is 23.5 Å². The molecule has 6 heteroatoms. The van der Waals surface area contributed by atoms with E-state index in [1.165, 1.54) is 24.3 Å². The van der Waals surface area contributed by atoms with Crippen LogP contribution in [0, 0.1) is 11.6 Å². The highest BCUT2D eigenvalue weighted by Gasteiger charge is 2.34. The Morgan fingerprint density at radius 1 is 1.12 bits per heavy atom. The Labute approximate surface area is 154 Å². The summed E-state index contributed by atoms with van der Waals surface area (Å²) in [7, 11) is 0. The van der Waals surface area contributed by atoms with Gasteiger partial charge in [-0.1, -0.05) is 29.8 Å². The molecule has 1 unspecified atom stereocenters. The number of carbonyl (C=O) groups is 1. The third kappa shape index (κ3) is 2.92. The van der Waals surface area contributed by atoms with Crippen molar-refractivity contribution < 1.29 is 13.6 Å². The fourth-order valence-electron chi connectivity index (χ4n) is 3.42. The predicted molar refractivity (Wildman–Crippen MR) is 96.1 cm³/mol. The number of ketones is 1. The van der Waals surface area contributed by atoms with Gasteiger partial charge >= 0.3 is 0 Å². The van der Waals surface area contributed by atoms with Gasteiger partial charge in [-0.25, -0.2) is 8.78 Å². The summed E-state index contributed by atoms with van der Waals surface area (Å²) in [5.74, 6) is -0.536. The molecule has 0 bridgehead atoms. The van der Waals surface area contributed by atoms with Crippen LogP contribution in [0.15, 0.2) is 58.7 Å². The maximum absolute atomic E-state index is 14.3. The second kappa shape index (κ2) is 6.65. The first-order chi connectivity index (χ1) is 12.5. The lowest BCUT2D eigenvalue weighted by atomic mass is 9.85. The standard InChI is InChI=1S/C20H15ClF2N2O/c21-14-10-11(22)8-9-12(14)19-18-16(6-3-7-17(18)26)24-20(25-19)13-4-1-2-5-15(13)23/h1-2,4-5,8-10,19H,3,6-7H2,(H,24,25). The number of amidine groups is 1. The number of halogens is 3. The molecule has 0 spiro atoms. The molecule has 1 aliphatic heterocycles. The van der Waals surface area contributed by atoms with Crippen molar-refractivity contribution in [2.45, 2.75) is 25.3 Å². The Morgan fingerprint density at radius 2 is 1.92 bits per heavy atom. The number of hydrogen-bond donors (Lipinski definition) is 1. The maximum atomic E-state index is 14.3. The first kappa shape index (κ1) is 16.9. The van der Waals surface area contributed by atoms with Crippen LogP contribution in [0.25, 0.3) is 0 Å². The lowest BCUT2D eigenvalue weighted by molar-refractivity contribution is -0.116. The summed E-state index contributed by atoms with van der Waals surface area (Å²) >= 11 is 6.23. The number of nitrogens with one attached hydrogen (secondary N) is 1. The van der Waals surface area contributed by atoms with Gasteiger partial charge in [0.05, 0.1) is 5.56 Å². The minimum absolute atomic E-state index is 0.0134. The van der Waals surface area contributed by atoms with E-state index in [0.29, 0.717) is 35.4 Å². The van der Waals surface area contributed by atoms with Gasteiger partial charge in [0.2, 0.25) is 0 Å². The fraction of sp³-hybridized carbons (Fsp3) is 0.200. The van der Waals surface area contributed by atoms with Crippen LogP contribution in [0.5, 0.6) is 0 Å². The molecule has 2 aromatic carbocycles. The summed E-state index contributed by atoms with van der Waals surface area (Å²) in [5, 5.41) is 3.32. The molecule has 0 amide bonds. The van der Waals surface area contributed by atoms with Gasteiger partial charge < -0.3 is 5.32 Å². The van der Waals surface area contributed by atoms with Gasteiger partial charge in [-0.05, 0) is 37.1 Å². The lowest BCUT2D eigenvalue weighted by Crippen LogP contribution is -2.35. The van der Waals surface area contributed by atoms with E-state index in [-0.39, 0.29) is 10.8 Å². The number of allylic oxidation sites excluding steroid dienone is 1. The van der Waals surface area contributed by atoms with E-state index < -0.39 is 17.7 Å². The van der Waals surface area contributed by atoms with Crippen molar-refractivity contribution in [1.82, 2.24) is 5.32 Å². The largest absolute Gasteiger partial charge is 0.343 e. The first-order valence-electron chi connectivity index (χ1n) is 8.35. The van der Waals surface area contributed by atoms with Crippen molar-refractivity contribution in [1.29, 1.82) is 0 Å². The van der Waals surface area contributed by atoms with Crippen molar-refractivity contribution in [2.75, 3.05) is 0 Å². The van der Waals surface area contributed by atoms with Crippen molar-refractivity contribution in [2.24, 2.45) is 4.99 Å². The number of rotatable bonds is 2. The molecule has 0 aromatic heterocycles. The molecule has 0 saturated carbocycles. The first-order valence-corrected chi connectivity index (χ1v) is 8.73. The van der Waals surface area contributed by atoms with E-state index in [4.69, 9.17) is 11.6 Å². The molecule has 0 saturated heterocycles. The van der Waals surface area contributed by atoms with Gasteiger partial charge in [-0.3, -0.25) is 9.79 Å². The molecule has 2 aliphatic rings. The average Bonchev–Trinajstić information content (AvgIpc) is 2.61. The topological polar surface area (TPSA) is 41.5 Å². The Balaban J connectivity index is 1.88. The predicted octanol–water partition coefficient (Wildman–Crippen LogP) is 4.72. The van der Waals surface area contributed by atoms with Gasteiger partial charge in [0.15, 0.2) is 5.78 Å². The quantitative estimate of drug-likeness (QED) is 0.829. The average molecular weight is 373 g/mol. The highest BCUT2D eigenvalue weighted by molar-refractivity contribution is 6.31.